The summed E-state index contributed by atoms with van der Waals surface area (Å²) in [7, 11) is 0. The minimum Gasteiger partial charge on any atom is -0.330 e. The van der Waals surface area contributed by atoms with Crippen LogP contribution in [0, 0.1) is 0 Å². The van der Waals surface area contributed by atoms with Crippen molar-refractivity contribution in [2.45, 2.75) is 6.42 Å². The number of hydrogen-bond acceptors (Lipinski definition) is 3. The van der Waals surface area contributed by atoms with E-state index in [1.54, 1.807) is 4.52 Å². The molecule has 68 valence electrons. The second-order valence-corrected chi connectivity index (χ2v) is 3.43. The van der Waals surface area contributed by atoms with Crippen LogP contribution in [0.5, 0.6) is 0 Å². The van der Waals surface area contributed by atoms with Crippen molar-refractivity contribution in [3.05, 3.63) is 28.6 Å². The van der Waals surface area contributed by atoms with Crippen LogP contribution in [0.25, 0.3) is 5.65 Å². The Balaban J connectivity index is 2.60. The summed E-state index contributed by atoms with van der Waals surface area (Å²) < 4.78 is 2.35. The Morgan fingerprint density at radius 1 is 1.54 bits per heavy atom. The zero-order valence-electron chi connectivity index (χ0n) is 6.94. The summed E-state index contributed by atoms with van der Waals surface area (Å²) in [6.45, 7) is 0.629. The first kappa shape index (κ1) is 8.65. The van der Waals surface area contributed by atoms with Crippen molar-refractivity contribution < 1.29 is 0 Å². The molecule has 0 saturated heterocycles. The molecule has 0 aliphatic rings. The van der Waals surface area contributed by atoms with Crippen molar-refractivity contribution in [2.75, 3.05) is 6.54 Å². The van der Waals surface area contributed by atoms with E-state index >= 15 is 0 Å². The number of rotatable bonds is 2. The van der Waals surface area contributed by atoms with E-state index < -0.39 is 0 Å². The summed E-state index contributed by atoms with van der Waals surface area (Å²) in [4.78, 5) is 4.24. The molecule has 5 heteroatoms. The van der Waals surface area contributed by atoms with Gasteiger partial charge in [0.2, 0.25) is 4.73 Å². The lowest BCUT2D eigenvalue weighted by molar-refractivity contribution is 0.916. The molecular weight excluding hydrogens is 232 g/mol. The zero-order valence-corrected chi connectivity index (χ0v) is 8.53. The number of pyridine rings is 1. The molecule has 0 spiro atoms. The molecule has 0 radical (unpaired) electrons. The smallest absolute Gasteiger partial charge is 0.218 e. The van der Waals surface area contributed by atoms with Crippen LogP contribution in [0.15, 0.2) is 23.1 Å². The second kappa shape index (κ2) is 3.43. The molecule has 2 heterocycles. The van der Waals surface area contributed by atoms with Crippen LogP contribution < -0.4 is 5.73 Å². The maximum atomic E-state index is 5.49. The highest BCUT2D eigenvalue weighted by atomic mass is 79.9. The number of fused-ring (bicyclic) bond motifs is 1. The van der Waals surface area contributed by atoms with Gasteiger partial charge in [-0.15, -0.1) is 5.10 Å². The third-order valence-corrected chi connectivity index (χ3v) is 2.17. The fourth-order valence-corrected chi connectivity index (χ4v) is 1.62. The van der Waals surface area contributed by atoms with Gasteiger partial charge in [-0.05, 0) is 40.5 Å². The van der Waals surface area contributed by atoms with E-state index in [9.17, 15) is 0 Å². The number of aromatic nitrogens is 3. The van der Waals surface area contributed by atoms with Crippen molar-refractivity contribution in [3.8, 4) is 0 Å². The lowest BCUT2D eigenvalue weighted by Crippen LogP contribution is -2.04. The van der Waals surface area contributed by atoms with E-state index in [1.807, 2.05) is 18.3 Å². The van der Waals surface area contributed by atoms with Crippen LogP contribution >= 0.6 is 15.9 Å². The average molecular weight is 241 g/mol. The standard InChI is InChI=1S/C8H9BrN4/c9-8-11-7-6(3-4-10)2-1-5-13(7)12-8/h1-2,5H,3-4,10H2. The molecule has 0 aliphatic carbocycles. The number of halogens is 1. The molecule has 0 fully saturated rings. The summed E-state index contributed by atoms with van der Waals surface area (Å²) in [5.74, 6) is 0. The fourth-order valence-electron chi connectivity index (χ4n) is 1.29. The van der Waals surface area contributed by atoms with E-state index in [0.29, 0.717) is 11.3 Å². The van der Waals surface area contributed by atoms with Crippen molar-refractivity contribution in [2.24, 2.45) is 5.73 Å². The summed E-state index contributed by atoms with van der Waals surface area (Å²) in [5, 5.41) is 4.14. The minimum absolute atomic E-state index is 0.608. The summed E-state index contributed by atoms with van der Waals surface area (Å²) in [6, 6.07) is 3.96. The Kier molecular flexibility index (Phi) is 2.28. The highest BCUT2D eigenvalue weighted by Gasteiger charge is 2.04. The molecule has 2 N–H and O–H groups in total. The van der Waals surface area contributed by atoms with Gasteiger partial charge in [0.05, 0.1) is 0 Å². The Hall–Kier alpha value is -0.940. The summed E-state index contributed by atoms with van der Waals surface area (Å²) in [5.41, 5.74) is 7.49. The Labute approximate surface area is 83.9 Å². The second-order valence-electron chi connectivity index (χ2n) is 2.72. The third kappa shape index (κ3) is 1.57. The van der Waals surface area contributed by atoms with Crippen LogP contribution in [0.3, 0.4) is 0 Å². The molecule has 0 atom stereocenters. The highest BCUT2D eigenvalue weighted by molar-refractivity contribution is 9.10. The quantitative estimate of drug-likeness (QED) is 0.853. The molecule has 0 aromatic carbocycles. The van der Waals surface area contributed by atoms with Gasteiger partial charge >= 0.3 is 0 Å². The van der Waals surface area contributed by atoms with Crippen LogP contribution in [-0.2, 0) is 6.42 Å². The van der Waals surface area contributed by atoms with Gasteiger partial charge < -0.3 is 5.73 Å². The van der Waals surface area contributed by atoms with Gasteiger partial charge in [0, 0.05) is 6.20 Å². The van der Waals surface area contributed by atoms with Crippen molar-refractivity contribution in [1.82, 2.24) is 14.6 Å². The first-order valence-electron chi connectivity index (χ1n) is 4.01. The SMILES string of the molecule is NCCc1cccn2nc(Br)nc12. The van der Waals surface area contributed by atoms with E-state index in [2.05, 4.69) is 26.0 Å². The van der Waals surface area contributed by atoms with E-state index in [4.69, 9.17) is 5.73 Å². The fraction of sp³-hybridized carbons (Fsp3) is 0.250. The number of hydrogen-bond donors (Lipinski definition) is 1. The molecule has 0 unspecified atom stereocenters. The van der Waals surface area contributed by atoms with Crippen LogP contribution in [-0.4, -0.2) is 21.1 Å². The Morgan fingerprint density at radius 2 is 2.38 bits per heavy atom. The Bertz CT molecular complexity index is 423. The molecule has 2 aromatic heterocycles. The van der Waals surface area contributed by atoms with Gasteiger partial charge in [-0.3, -0.25) is 0 Å². The molecule has 2 rings (SSSR count). The van der Waals surface area contributed by atoms with Crippen molar-refractivity contribution in [3.63, 3.8) is 0 Å². The molecule has 13 heavy (non-hydrogen) atoms. The van der Waals surface area contributed by atoms with Crippen LogP contribution in [0.2, 0.25) is 0 Å². The van der Waals surface area contributed by atoms with Gasteiger partial charge in [0.15, 0.2) is 5.65 Å². The first-order valence-corrected chi connectivity index (χ1v) is 4.80. The predicted molar refractivity (Wildman–Crippen MR) is 53.4 cm³/mol. The van der Waals surface area contributed by atoms with E-state index in [1.165, 1.54) is 0 Å². The van der Waals surface area contributed by atoms with E-state index in [-0.39, 0.29) is 0 Å². The van der Waals surface area contributed by atoms with Crippen LogP contribution in [0.1, 0.15) is 5.56 Å². The van der Waals surface area contributed by atoms with Crippen molar-refractivity contribution in [1.29, 1.82) is 0 Å². The molecule has 4 nitrogen and oxygen atoms in total. The largest absolute Gasteiger partial charge is 0.330 e. The monoisotopic (exact) mass is 240 g/mol. The predicted octanol–water partition coefficient (Wildman–Crippen LogP) is 0.993. The number of nitrogens with two attached hydrogens (primary N) is 1. The lowest BCUT2D eigenvalue weighted by atomic mass is 10.2. The summed E-state index contributed by atoms with van der Waals surface area (Å²) in [6.07, 6.45) is 2.70. The molecule has 0 bridgehead atoms. The minimum atomic E-state index is 0.608. The average Bonchev–Trinajstić information content (AvgIpc) is 2.47. The van der Waals surface area contributed by atoms with Gasteiger partial charge in [-0.1, -0.05) is 6.07 Å². The van der Waals surface area contributed by atoms with Gasteiger partial charge in [-0.2, -0.15) is 0 Å². The topological polar surface area (TPSA) is 56.2 Å². The summed E-state index contributed by atoms with van der Waals surface area (Å²) >= 11 is 3.24. The molecule has 0 aliphatic heterocycles. The lowest BCUT2D eigenvalue weighted by Gasteiger charge is -1.98. The number of nitrogens with zero attached hydrogens (tertiary/aromatic N) is 3. The first-order chi connectivity index (χ1) is 6.31. The molecule has 0 saturated carbocycles. The Morgan fingerprint density at radius 3 is 3.15 bits per heavy atom. The maximum Gasteiger partial charge on any atom is 0.218 e. The highest BCUT2D eigenvalue weighted by Crippen LogP contribution is 2.11. The van der Waals surface area contributed by atoms with Gasteiger partial charge in [0.25, 0.3) is 0 Å². The maximum absolute atomic E-state index is 5.49. The van der Waals surface area contributed by atoms with E-state index in [0.717, 1.165) is 17.6 Å². The van der Waals surface area contributed by atoms with Gasteiger partial charge in [0.1, 0.15) is 0 Å². The van der Waals surface area contributed by atoms with Crippen molar-refractivity contribution >= 4 is 21.6 Å². The third-order valence-electron chi connectivity index (χ3n) is 1.83. The zero-order chi connectivity index (χ0) is 9.26. The molecule has 0 amide bonds. The van der Waals surface area contributed by atoms with Crippen LogP contribution in [0.4, 0.5) is 0 Å². The molecular formula is C8H9BrN4. The normalized spacial score (nSPS) is 10.9. The molecule has 2 aromatic rings. The van der Waals surface area contributed by atoms with Gasteiger partial charge in [-0.25, -0.2) is 9.50 Å².